The van der Waals surface area contributed by atoms with Crippen molar-refractivity contribution in [3.63, 3.8) is 0 Å². The lowest BCUT2D eigenvalue weighted by atomic mass is 9.81. The molecule has 2 atom stereocenters. The molecule has 0 aromatic heterocycles. The molecule has 1 saturated heterocycles. The van der Waals surface area contributed by atoms with Gasteiger partial charge in [-0.15, -0.1) is 0 Å². The van der Waals surface area contributed by atoms with Gasteiger partial charge in [0.25, 0.3) is 0 Å². The molecule has 3 nitrogen and oxygen atoms in total. The smallest absolute Gasteiger partial charge is 0.0645 e. The van der Waals surface area contributed by atoms with Crippen molar-refractivity contribution in [1.29, 1.82) is 0 Å². The highest BCUT2D eigenvalue weighted by molar-refractivity contribution is 5.34. The predicted octanol–water partition coefficient (Wildman–Crippen LogP) is 2.76. The molecule has 1 N–H and O–H groups in total. The van der Waals surface area contributed by atoms with Crippen LogP contribution in [0.1, 0.15) is 44.4 Å². The second-order valence-electron chi connectivity index (χ2n) is 6.90. The number of hydrogen-bond donors (Lipinski definition) is 1. The molecular formula is C18H28N2O. The van der Waals surface area contributed by atoms with Crippen molar-refractivity contribution < 1.29 is 4.74 Å². The van der Waals surface area contributed by atoms with Gasteiger partial charge in [-0.05, 0) is 44.4 Å². The first kappa shape index (κ1) is 15.0. The van der Waals surface area contributed by atoms with E-state index < -0.39 is 0 Å². The lowest BCUT2D eigenvalue weighted by Crippen LogP contribution is -2.60. The minimum atomic E-state index is 0.128. The van der Waals surface area contributed by atoms with Crippen molar-refractivity contribution in [2.45, 2.75) is 51.2 Å². The molecule has 2 aliphatic rings. The van der Waals surface area contributed by atoms with Crippen LogP contribution < -0.4 is 5.32 Å². The fraction of sp³-hybridized carbons (Fsp3) is 0.667. The van der Waals surface area contributed by atoms with E-state index in [0.29, 0.717) is 12.1 Å². The van der Waals surface area contributed by atoms with Crippen molar-refractivity contribution in [3.05, 3.63) is 35.4 Å². The van der Waals surface area contributed by atoms with Gasteiger partial charge >= 0.3 is 0 Å². The maximum atomic E-state index is 5.71. The van der Waals surface area contributed by atoms with Crippen LogP contribution in [0.25, 0.3) is 0 Å². The Morgan fingerprint density at radius 2 is 2.14 bits per heavy atom. The molecule has 0 radical (unpaired) electrons. The number of morpholine rings is 1. The Morgan fingerprint density at radius 1 is 1.33 bits per heavy atom. The third kappa shape index (κ3) is 2.87. The zero-order valence-electron chi connectivity index (χ0n) is 13.6. The van der Waals surface area contributed by atoms with Crippen LogP contribution in [0.5, 0.6) is 0 Å². The summed E-state index contributed by atoms with van der Waals surface area (Å²) in [6.45, 7) is 10.6. The zero-order chi connectivity index (χ0) is 14.9. The summed E-state index contributed by atoms with van der Waals surface area (Å²) >= 11 is 0. The molecule has 2 unspecified atom stereocenters. The molecule has 0 bridgehead atoms. The number of hydrogen-bond acceptors (Lipinski definition) is 3. The lowest BCUT2D eigenvalue weighted by molar-refractivity contribution is -0.0816. The highest BCUT2D eigenvalue weighted by Crippen LogP contribution is 2.36. The fourth-order valence-electron chi connectivity index (χ4n) is 4.03. The minimum absolute atomic E-state index is 0.128. The van der Waals surface area contributed by atoms with Gasteiger partial charge in [-0.3, -0.25) is 4.90 Å². The molecule has 116 valence electrons. The Hall–Kier alpha value is -0.900. The Morgan fingerprint density at radius 3 is 2.90 bits per heavy atom. The standard InChI is InChI=1S/C18H28N2O/c1-4-19-17-15-8-6-5-7-14(15)9-10-16(17)20-11-12-21-13-18(20,2)3/h5-8,16-17,19H,4,9-13H2,1-3H3. The maximum Gasteiger partial charge on any atom is 0.0645 e. The highest BCUT2D eigenvalue weighted by Gasteiger charge is 2.41. The van der Waals surface area contributed by atoms with Crippen LogP contribution in [0.3, 0.4) is 0 Å². The normalized spacial score (nSPS) is 29.1. The summed E-state index contributed by atoms with van der Waals surface area (Å²) in [6, 6.07) is 9.95. The highest BCUT2D eigenvalue weighted by atomic mass is 16.5. The zero-order valence-corrected chi connectivity index (χ0v) is 13.6. The van der Waals surface area contributed by atoms with Crippen LogP contribution >= 0.6 is 0 Å². The van der Waals surface area contributed by atoms with Crippen molar-refractivity contribution in [2.75, 3.05) is 26.3 Å². The number of nitrogens with zero attached hydrogens (tertiary/aromatic N) is 1. The largest absolute Gasteiger partial charge is 0.378 e. The lowest BCUT2D eigenvalue weighted by Gasteiger charge is -2.50. The van der Waals surface area contributed by atoms with Crippen molar-refractivity contribution in [3.8, 4) is 0 Å². The summed E-state index contributed by atoms with van der Waals surface area (Å²) in [5, 5.41) is 3.74. The van der Waals surface area contributed by atoms with E-state index in [2.05, 4.69) is 55.3 Å². The number of ether oxygens (including phenoxy) is 1. The minimum Gasteiger partial charge on any atom is -0.378 e. The summed E-state index contributed by atoms with van der Waals surface area (Å²) in [5.74, 6) is 0. The van der Waals surface area contributed by atoms with Crippen LogP contribution in [-0.4, -0.2) is 42.8 Å². The Labute approximate surface area is 128 Å². The van der Waals surface area contributed by atoms with Crippen LogP contribution in [0.2, 0.25) is 0 Å². The van der Waals surface area contributed by atoms with Gasteiger partial charge in [0.15, 0.2) is 0 Å². The first-order valence-corrected chi connectivity index (χ1v) is 8.29. The Kier molecular flexibility index (Phi) is 4.34. The molecule has 21 heavy (non-hydrogen) atoms. The summed E-state index contributed by atoms with van der Waals surface area (Å²) in [6.07, 6.45) is 2.42. The first-order chi connectivity index (χ1) is 10.1. The Balaban J connectivity index is 1.91. The van der Waals surface area contributed by atoms with Crippen LogP contribution in [-0.2, 0) is 11.2 Å². The van der Waals surface area contributed by atoms with Crippen LogP contribution in [0, 0.1) is 0 Å². The van der Waals surface area contributed by atoms with Gasteiger partial charge in [0, 0.05) is 24.2 Å². The number of rotatable bonds is 3. The quantitative estimate of drug-likeness (QED) is 0.925. The van der Waals surface area contributed by atoms with Gasteiger partial charge < -0.3 is 10.1 Å². The number of likely N-dealkylation sites (N-methyl/N-ethyl adjacent to an activating group) is 1. The van der Waals surface area contributed by atoms with Crippen molar-refractivity contribution in [2.24, 2.45) is 0 Å². The molecule has 1 aromatic carbocycles. The number of aryl methyl sites for hydroxylation is 1. The monoisotopic (exact) mass is 288 g/mol. The summed E-state index contributed by atoms with van der Waals surface area (Å²) in [4.78, 5) is 2.68. The van der Waals surface area contributed by atoms with E-state index in [1.165, 1.54) is 24.0 Å². The van der Waals surface area contributed by atoms with Gasteiger partial charge in [0.05, 0.1) is 13.2 Å². The predicted molar refractivity (Wildman–Crippen MR) is 86.6 cm³/mol. The fourth-order valence-corrected chi connectivity index (χ4v) is 4.03. The van der Waals surface area contributed by atoms with Crippen molar-refractivity contribution in [1.82, 2.24) is 10.2 Å². The molecule has 0 saturated carbocycles. The molecule has 1 fully saturated rings. The van der Waals surface area contributed by atoms with E-state index in [4.69, 9.17) is 4.74 Å². The molecule has 1 aliphatic carbocycles. The average molecular weight is 288 g/mol. The van der Waals surface area contributed by atoms with E-state index in [9.17, 15) is 0 Å². The molecule has 3 heteroatoms. The van der Waals surface area contributed by atoms with Gasteiger partial charge in [0.2, 0.25) is 0 Å². The Bertz CT molecular complexity index is 486. The van der Waals surface area contributed by atoms with Gasteiger partial charge in [-0.2, -0.15) is 0 Å². The van der Waals surface area contributed by atoms with Gasteiger partial charge in [0.1, 0.15) is 0 Å². The van der Waals surface area contributed by atoms with E-state index in [1.807, 2.05) is 0 Å². The van der Waals surface area contributed by atoms with E-state index in [1.54, 1.807) is 0 Å². The maximum absolute atomic E-state index is 5.71. The van der Waals surface area contributed by atoms with Crippen LogP contribution in [0.15, 0.2) is 24.3 Å². The third-order valence-electron chi connectivity index (χ3n) is 5.02. The van der Waals surface area contributed by atoms with Crippen molar-refractivity contribution >= 4 is 0 Å². The number of benzene rings is 1. The first-order valence-electron chi connectivity index (χ1n) is 8.29. The number of fused-ring (bicyclic) bond motifs is 1. The second-order valence-corrected chi connectivity index (χ2v) is 6.90. The average Bonchev–Trinajstić information content (AvgIpc) is 2.48. The topological polar surface area (TPSA) is 24.5 Å². The van der Waals surface area contributed by atoms with Crippen LogP contribution in [0.4, 0.5) is 0 Å². The second kappa shape index (κ2) is 6.07. The SMILES string of the molecule is CCNC1c2ccccc2CCC1N1CCOCC1(C)C. The van der Waals surface area contributed by atoms with Gasteiger partial charge in [-0.25, -0.2) is 0 Å². The molecule has 1 aliphatic heterocycles. The number of nitrogens with one attached hydrogen (secondary N) is 1. The van der Waals surface area contributed by atoms with Gasteiger partial charge in [-0.1, -0.05) is 31.2 Å². The summed E-state index contributed by atoms with van der Waals surface area (Å²) in [5.41, 5.74) is 3.15. The molecular weight excluding hydrogens is 260 g/mol. The molecule has 0 spiro atoms. The third-order valence-corrected chi connectivity index (χ3v) is 5.02. The summed E-state index contributed by atoms with van der Waals surface area (Å²) < 4.78 is 5.71. The van der Waals surface area contributed by atoms with E-state index in [-0.39, 0.29) is 5.54 Å². The molecule has 0 amide bonds. The molecule has 3 rings (SSSR count). The molecule has 1 heterocycles. The summed E-state index contributed by atoms with van der Waals surface area (Å²) in [7, 11) is 0. The van der Waals surface area contributed by atoms with E-state index >= 15 is 0 Å². The molecule has 1 aromatic rings. The van der Waals surface area contributed by atoms with E-state index in [0.717, 1.165) is 26.3 Å².